The van der Waals surface area contributed by atoms with Crippen molar-refractivity contribution in [1.29, 1.82) is 0 Å². The second-order valence-electron chi connectivity index (χ2n) is 5.33. The zero-order chi connectivity index (χ0) is 16.2. The van der Waals surface area contributed by atoms with Crippen molar-refractivity contribution in [1.82, 2.24) is 10.6 Å². The molecule has 2 atom stereocenters. The van der Waals surface area contributed by atoms with Crippen molar-refractivity contribution in [2.45, 2.75) is 39.8 Å². The van der Waals surface area contributed by atoms with Gasteiger partial charge in [0.2, 0.25) is 11.8 Å². The molecule has 0 aliphatic rings. The van der Waals surface area contributed by atoms with E-state index in [-0.39, 0.29) is 17.7 Å². The highest BCUT2D eigenvalue weighted by molar-refractivity contribution is 5.87. The van der Waals surface area contributed by atoms with Crippen molar-refractivity contribution in [3.63, 3.8) is 0 Å². The summed E-state index contributed by atoms with van der Waals surface area (Å²) in [5.74, 6) is -2.65. The van der Waals surface area contributed by atoms with Crippen LogP contribution in [0.4, 0.5) is 8.78 Å². The van der Waals surface area contributed by atoms with Crippen molar-refractivity contribution in [3.05, 3.63) is 35.4 Å². The summed E-state index contributed by atoms with van der Waals surface area (Å²) >= 11 is 0. The molecule has 0 aromatic heterocycles. The van der Waals surface area contributed by atoms with Crippen LogP contribution >= 0.6 is 0 Å². The summed E-state index contributed by atoms with van der Waals surface area (Å²) in [4.78, 5) is 23.3. The van der Waals surface area contributed by atoms with Crippen LogP contribution in [0.5, 0.6) is 0 Å². The third kappa shape index (κ3) is 4.81. The van der Waals surface area contributed by atoms with Crippen molar-refractivity contribution in [2.24, 2.45) is 5.92 Å². The maximum absolute atomic E-state index is 13.2. The minimum absolute atomic E-state index is 0.0916. The first-order valence-corrected chi connectivity index (χ1v) is 6.74. The van der Waals surface area contributed by atoms with E-state index >= 15 is 0 Å². The number of amides is 2. The number of benzene rings is 1. The van der Waals surface area contributed by atoms with E-state index in [9.17, 15) is 18.4 Å². The molecule has 6 heteroatoms. The molecule has 0 heterocycles. The average molecular weight is 298 g/mol. The van der Waals surface area contributed by atoms with Gasteiger partial charge in [0.25, 0.3) is 0 Å². The number of hydrogen-bond acceptors (Lipinski definition) is 2. The van der Waals surface area contributed by atoms with Gasteiger partial charge < -0.3 is 10.6 Å². The Labute approximate surface area is 122 Å². The number of carbonyl (C=O) groups is 2. The number of nitrogens with one attached hydrogen (secondary N) is 2. The predicted molar refractivity (Wildman–Crippen MR) is 75.4 cm³/mol. The third-order valence-corrected chi connectivity index (χ3v) is 3.11. The Hall–Kier alpha value is -1.98. The molecular weight excluding hydrogens is 278 g/mol. The fourth-order valence-corrected chi connectivity index (χ4v) is 1.92. The minimum Gasteiger partial charge on any atom is -0.348 e. The van der Waals surface area contributed by atoms with Crippen LogP contribution in [0.2, 0.25) is 0 Å². The highest BCUT2D eigenvalue weighted by Gasteiger charge is 2.24. The molecule has 1 rings (SSSR count). The van der Waals surface area contributed by atoms with E-state index in [1.54, 1.807) is 6.92 Å². The molecule has 0 radical (unpaired) electrons. The van der Waals surface area contributed by atoms with Gasteiger partial charge in [0.15, 0.2) is 11.6 Å². The summed E-state index contributed by atoms with van der Waals surface area (Å²) in [6, 6.07) is 2.30. The van der Waals surface area contributed by atoms with E-state index in [4.69, 9.17) is 0 Å². The van der Waals surface area contributed by atoms with Crippen molar-refractivity contribution >= 4 is 11.8 Å². The molecule has 4 nitrogen and oxygen atoms in total. The molecule has 0 saturated carbocycles. The summed E-state index contributed by atoms with van der Waals surface area (Å²) in [6.45, 7) is 6.61. The highest BCUT2D eigenvalue weighted by Crippen LogP contribution is 2.16. The lowest BCUT2D eigenvalue weighted by molar-refractivity contribution is -0.129. The summed E-state index contributed by atoms with van der Waals surface area (Å²) in [7, 11) is 0. The van der Waals surface area contributed by atoms with Crippen LogP contribution < -0.4 is 10.6 Å². The lowest BCUT2D eigenvalue weighted by Crippen LogP contribution is -2.49. The molecule has 21 heavy (non-hydrogen) atoms. The molecule has 2 unspecified atom stereocenters. The maximum atomic E-state index is 13.2. The molecule has 0 aliphatic carbocycles. The van der Waals surface area contributed by atoms with Crippen LogP contribution in [0.25, 0.3) is 0 Å². The van der Waals surface area contributed by atoms with E-state index in [1.807, 2.05) is 13.8 Å². The van der Waals surface area contributed by atoms with E-state index in [2.05, 4.69) is 10.6 Å². The Morgan fingerprint density at radius 2 is 1.67 bits per heavy atom. The molecule has 0 saturated heterocycles. The average Bonchev–Trinajstić information content (AvgIpc) is 2.38. The fourth-order valence-electron chi connectivity index (χ4n) is 1.92. The van der Waals surface area contributed by atoms with Crippen LogP contribution in [-0.4, -0.2) is 17.9 Å². The van der Waals surface area contributed by atoms with Gasteiger partial charge in [-0.1, -0.05) is 19.9 Å². The van der Waals surface area contributed by atoms with Crippen LogP contribution in [0.3, 0.4) is 0 Å². The lowest BCUT2D eigenvalue weighted by Gasteiger charge is -2.23. The normalized spacial score (nSPS) is 13.7. The van der Waals surface area contributed by atoms with E-state index in [0.717, 1.165) is 12.1 Å². The number of rotatable bonds is 5. The summed E-state index contributed by atoms with van der Waals surface area (Å²) in [5, 5.41) is 5.26. The molecule has 2 amide bonds. The molecule has 0 fully saturated rings. The second kappa shape index (κ2) is 7.15. The Morgan fingerprint density at radius 3 is 2.14 bits per heavy atom. The summed E-state index contributed by atoms with van der Waals surface area (Å²) in [6.07, 6.45) is 0. The topological polar surface area (TPSA) is 58.2 Å². The second-order valence-corrected chi connectivity index (χ2v) is 5.33. The molecule has 2 N–H and O–H groups in total. The summed E-state index contributed by atoms with van der Waals surface area (Å²) < 4.78 is 26.1. The fraction of sp³-hybridized carbons (Fsp3) is 0.467. The number of halogens is 2. The predicted octanol–water partition coefficient (Wildman–Crippen LogP) is 2.30. The first-order valence-electron chi connectivity index (χ1n) is 6.74. The Morgan fingerprint density at radius 1 is 1.05 bits per heavy atom. The number of hydrogen-bond donors (Lipinski definition) is 2. The SMILES string of the molecule is CC(=O)NC(C(=O)NC(C)c1ccc(F)c(F)c1)C(C)C. The molecule has 0 aliphatic heterocycles. The van der Waals surface area contributed by atoms with Crippen molar-refractivity contribution in [2.75, 3.05) is 0 Å². The van der Waals surface area contributed by atoms with Gasteiger partial charge in [0.1, 0.15) is 6.04 Å². The molecule has 1 aromatic carbocycles. The lowest BCUT2D eigenvalue weighted by atomic mass is 10.0. The first-order chi connectivity index (χ1) is 9.72. The molecule has 0 bridgehead atoms. The molecule has 116 valence electrons. The van der Waals surface area contributed by atoms with Crippen molar-refractivity contribution in [3.8, 4) is 0 Å². The van der Waals surface area contributed by atoms with Crippen LogP contribution in [0, 0.1) is 17.6 Å². The van der Waals surface area contributed by atoms with Gasteiger partial charge in [0.05, 0.1) is 6.04 Å². The van der Waals surface area contributed by atoms with E-state index in [1.165, 1.54) is 13.0 Å². The monoisotopic (exact) mass is 298 g/mol. The van der Waals surface area contributed by atoms with Crippen LogP contribution in [-0.2, 0) is 9.59 Å². The third-order valence-electron chi connectivity index (χ3n) is 3.11. The maximum Gasteiger partial charge on any atom is 0.243 e. The quantitative estimate of drug-likeness (QED) is 0.876. The van der Waals surface area contributed by atoms with Gasteiger partial charge in [-0.25, -0.2) is 8.78 Å². The smallest absolute Gasteiger partial charge is 0.243 e. The number of carbonyl (C=O) groups excluding carboxylic acids is 2. The minimum atomic E-state index is -0.962. The van der Waals surface area contributed by atoms with Gasteiger partial charge in [-0.3, -0.25) is 9.59 Å². The van der Waals surface area contributed by atoms with E-state index in [0.29, 0.717) is 5.56 Å². The summed E-state index contributed by atoms with van der Waals surface area (Å²) in [5.41, 5.74) is 0.451. The van der Waals surface area contributed by atoms with Gasteiger partial charge in [-0.05, 0) is 30.5 Å². The van der Waals surface area contributed by atoms with Crippen LogP contribution in [0.15, 0.2) is 18.2 Å². The first kappa shape index (κ1) is 17.1. The molecule has 0 spiro atoms. The van der Waals surface area contributed by atoms with Crippen LogP contribution in [0.1, 0.15) is 39.3 Å². The molecular formula is C15H20F2N2O2. The largest absolute Gasteiger partial charge is 0.348 e. The highest BCUT2D eigenvalue weighted by atomic mass is 19.2. The van der Waals surface area contributed by atoms with E-state index < -0.39 is 23.7 Å². The zero-order valence-electron chi connectivity index (χ0n) is 12.5. The van der Waals surface area contributed by atoms with Gasteiger partial charge in [-0.2, -0.15) is 0 Å². The van der Waals surface area contributed by atoms with Crippen molar-refractivity contribution < 1.29 is 18.4 Å². The Balaban J connectivity index is 2.79. The van der Waals surface area contributed by atoms with Gasteiger partial charge in [-0.15, -0.1) is 0 Å². The Kier molecular flexibility index (Phi) is 5.81. The van der Waals surface area contributed by atoms with Gasteiger partial charge >= 0.3 is 0 Å². The molecule has 1 aromatic rings. The van der Waals surface area contributed by atoms with Gasteiger partial charge in [0, 0.05) is 6.92 Å². The zero-order valence-corrected chi connectivity index (χ0v) is 12.5. The standard InChI is InChI=1S/C15H20F2N2O2/c1-8(2)14(19-10(4)20)15(21)18-9(3)11-5-6-12(16)13(17)7-11/h5-9,14H,1-4H3,(H,18,21)(H,19,20). The Bertz CT molecular complexity index is 532.